The summed E-state index contributed by atoms with van der Waals surface area (Å²) in [7, 11) is 0. The fraction of sp³-hybridized carbons (Fsp3) is 0.385. The number of hydrogen-bond acceptors (Lipinski definition) is 6. The van der Waals surface area contributed by atoms with Gasteiger partial charge in [-0.3, -0.25) is 4.79 Å². The van der Waals surface area contributed by atoms with E-state index in [9.17, 15) is 4.79 Å². The van der Waals surface area contributed by atoms with Crippen LogP contribution in [0.2, 0.25) is 0 Å². The highest BCUT2D eigenvalue weighted by Crippen LogP contribution is 2.16. The zero-order chi connectivity index (χ0) is 14.7. The van der Waals surface area contributed by atoms with Crippen molar-refractivity contribution in [3.63, 3.8) is 0 Å². The fourth-order valence-electron chi connectivity index (χ4n) is 1.68. The number of carbonyl (C=O) groups is 1. The Morgan fingerprint density at radius 1 is 1.40 bits per heavy atom. The number of nitrogen functional groups attached to an aromatic ring is 1. The Balaban J connectivity index is 2.09. The average Bonchev–Trinajstić information content (AvgIpc) is 2.81. The number of nitrogens with two attached hydrogens (primary N) is 1. The molecule has 0 atom stereocenters. The second-order valence-corrected chi connectivity index (χ2v) is 4.77. The number of aryl methyl sites for hydroxylation is 1. The van der Waals surface area contributed by atoms with E-state index in [1.807, 2.05) is 13.8 Å². The molecule has 0 aliphatic heterocycles. The van der Waals surface area contributed by atoms with Gasteiger partial charge in [-0.25, -0.2) is 4.98 Å². The molecule has 2 aromatic rings. The molecule has 2 heterocycles. The molecule has 106 valence electrons. The van der Waals surface area contributed by atoms with E-state index in [0.717, 1.165) is 5.69 Å². The number of carbonyl (C=O) groups excluding carboxylic acids is 1. The van der Waals surface area contributed by atoms with E-state index in [0.29, 0.717) is 23.1 Å². The summed E-state index contributed by atoms with van der Waals surface area (Å²) in [6.07, 6.45) is 0. The fourth-order valence-corrected chi connectivity index (χ4v) is 1.68. The van der Waals surface area contributed by atoms with Crippen LogP contribution in [0.1, 0.15) is 47.5 Å². The van der Waals surface area contributed by atoms with Gasteiger partial charge in [0.25, 0.3) is 5.91 Å². The van der Waals surface area contributed by atoms with E-state index in [1.165, 1.54) is 0 Å². The van der Waals surface area contributed by atoms with Crippen molar-refractivity contribution in [3.05, 3.63) is 35.1 Å². The molecule has 0 fully saturated rings. The molecule has 3 N–H and O–H groups in total. The number of hydrogen-bond donors (Lipinski definition) is 2. The largest absolute Gasteiger partial charge is 0.384 e. The molecule has 0 aromatic carbocycles. The lowest BCUT2D eigenvalue weighted by Gasteiger charge is -2.09. The molecule has 0 spiro atoms. The van der Waals surface area contributed by atoms with E-state index in [1.54, 1.807) is 19.1 Å². The normalized spacial score (nSPS) is 10.8. The molecule has 1 amide bonds. The molecule has 0 saturated heterocycles. The second kappa shape index (κ2) is 5.68. The minimum Gasteiger partial charge on any atom is -0.384 e. The standard InChI is InChI=1S/C13H17N5O2/c1-7(2)10-4-9(5-11(14)17-10)13(19)15-6-12-16-8(3)20-18-12/h4-5,7H,6H2,1-3H3,(H2,14,17)(H,15,19). The smallest absolute Gasteiger partial charge is 0.251 e. The molecule has 7 heteroatoms. The van der Waals surface area contributed by atoms with Gasteiger partial charge in [-0.05, 0) is 18.1 Å². The van der Waals surface area contributed by atoms with Crippen molar-refractivity contribution < 1.29 is 9.32 Å². The third-order valence-electron chi connectivity index (χ3n) is 2.70. The molecule has 0 bridgehead atoms. The topological polar surface area (TPSA) is 107 Å². The van der Waals surface area contributed by atoms with Gasteiger partial charge >= 0.3 is 0 Å². The predicted octanol–water partition coefficient (Wildman–Crippen LogP) is 1.41. The molecular formula is C13H17N5O2. The van der Waals surface area contributed by atoms with Gasteiger partial charge < -0.3 is 15.6 Å². The van der Waals surface area contributed by atoms with E-state index in [-0.39, 0.29) is 18.4 Å². The third kappa shape index (κ3) is 3.31. The molecule has 7 nitrogen and oxygen atoms in total. The van der Waals surface area contributed by atoms with Crippen LogP contribution in [0.4, 0.5) is 5.82 Å². The van der Waals surface area contributed by atoms with Crippen LogP contribution in [0.25, 0.3) is 0 Å². The average molecular weight is 275 g/mol. The lowest BCUT2D eigenvalue weighted by Crippen LogP contribution is -2.24. The summed E-state index contributed by atoms with van der Waals surface area (Å²) < 4.78 is 4.83. The first-order valence-corrected chi connectivity index (χ1v) is 6.30. The predicted molar refractivity (Wildman–Crippen MR) is 72.9 cm³/mol. The van der Waals surface area contributed by atoms with Gasteiger partial charge in [0.1, 0.15) is 5.82 Å². The Bertz CT molecular complexity index is 621. The van der Waals surface area contributed by atoms with Crippen molar-refractivity contribution in [1.29, 1.82) is 0 Å². The SMILES string of the molecule is Cc1nc(CNC(=O)c2cc(N)nc(C(C)C)c2)no1. The molecule has 0 unspecified atom stereocenters. The van der Waals surface area contributed by atoms with Crippen LogP contribution in [0.15, 0.2) is 16.7 Å². The Kier molecular flexibility index (Phi) is 3.97. The van der Waals surface area contributed by atoms with Gasteiger partial charge in [-0.1, -0.05) is 19.0 Å². The van der Waals surface area contributed by atoms with Crippen molar-refractivity contribution in [2.45, 2.75) is 33.2 Å². The molecule has 0 aliphatic rings. The Hall–Kier alpha value is -2.44. The van der Waals surface area contributed by atoms with E-state index in [2.05, 4.69) is 20.4 Å². The van der Waals surface area contributed by atoms with Crippen molar-refractivity contribution in [2.75, 3.05) is 5.73 Å². The van der Waals surface area contributed by atoms with Crippen LogP contribution in [-0.2, 0) is 6.54 Å². The summed E-state index contributed by atoms with van der Waals surface area (Å²) in [6.45, 7) is 5.88. The van der Waals surface area contributed by atoms with Gasteiger partial charge in [-0.2, -0.15) is 4.98 Å². The zero-order valence-electron chi connectivity index (χ0n) is 11.7. The van der Waals surface area contributed by atoms with Crippen molar-refractivity contribution in [2.24, 2.45) is 0 Å². The maximum atomic E-state index is 12.1. The van der Waals surface area contributed by atoms with Crippen LogP contribution < -0.4 is 11.1 Å². The quantitative estimate of drug-likeness (QED) is 0.873. The first kappa shape index (κ1) is 14.0. The van der Waals surface area contributed by atoms with E-state index in [4.69, 9.17) is 10.3 Å². The number of aromatic nitrogens is 3. The monoisotopic (exact) mass is 275 g/mol. The Labute approximate surface area is 116 Å². The first-order chi connectivity index (χ1) is 9.45. The summed E-state index contributed by atoms with van der Waals surface area (Å²) in [6, 6.07) is 3.28. The number of nitrogens with zero attached hydrogens (tertiary/aromatic N) is 3. The molecule has 20 heavy (non-hydrogen) atoms. The van der Waals surface area contributed by atoms with Crippen molar-refractivity contribution in [3.8, 4) is 0 Å². The second-order valence-electron chi connectivity index (χ2n) is 4.77. The highest BCUT2D eigenvalue weighted by Gasteiger charge is 2.12. The number of pyridine rings is 1. The van der Waals surface area contributed by atoms with Gasteiger partial charge in [-0.15, -0.1) is 0 Å². The lowest BCUT2D eigenvalue weighted by molar-refractivity contribution is 0.0949. The van der Waals surface area contributed by atoms with Gasteiger partial charge in [0, 0.05) is 18.2 Å². The lowest BCUT2D eigenvalue weighted by atomic mass is 10.1. The molecule has 2 aromatic heterocycles. The summed E-state index contributed by atoms with van der Waals surface area (Å²) in [5, 5.41) is 6.42. The Morgan fingerprint density at radius 3 is 2.75 bits per heavy atom. The van der Waals surface area contributed by atoms with E-state index < -0.39 is 0 Å². The van der Waals surface area contributed by atoms with Crippen LogP contribution in [0.5, 0.6) is 0 Å². The van der Waals surface area contributed by atoms with Crippen molar-refractivity contribution >= 4 is 11.7 Å². The maximum absolute atomic E-state index is 12.1. The molecule has 0 radical (unpaired) electrons. The third-order valence-corrected chi connectivity index (χ3v) is 2.70. The number of amides is 1. The minimum absolute atomic E-state index is 0.199. The minimum atomic E-state index is -0.247. The molecular weight excluding hydrogens is 258 g/mol. The Morgan fingerprint density at radius 2 is 2.15 bits per heavy atom. The van der Waals surface area contributed by atoms with Crippen LogP contribution in [0, 0.1) is 6.92 Å². The molecule has 2 rings (SSSR count). The summed E-state index contributed by atoms with van der Waals surface area (Å²) in [4.78, 5) is 20.3. The molecule has 0 aliphatic carbocycles. The zero-order valence-corrected chi connectivity index (χ0v) is 11.7. The molecule has 0 saturated carbocycles. The summed E-state index contributed by atoms with van der Waals surface area (Å²) in [5.41, 5.74) is 6.97. The number of rotatable bonds is 4. The summed E-state index contributed by atoms with van der Waals surface area (Å²) in [5.74, 6) is 1.18. The number of anilines is 1. The van der Waals surface area contributed by atoms with Crippen LogP contribution in [0.3, 0.4) is 0 Å². The van der Waals surface area contributed by atoms with Gasteiger partial charge in [0.05, 0.1) is 6.54 Å². The van der Waals surface area contributed by atoms with Gasteiger partial charge in [0.15, 0.2) is 5.82 Å². The van der Waals surface area contributed by atoms with E-state index >= 15 is 0 Å². The van der Waals surface area contributed by atoms with Crippen LogP contribution in [-0.4, -0.2) is 21.0 Å². The highest BCUT2D eigenvalue weighted by molar-refractivity contribution is 5.94. The highest BCUT2D eigenvalue weighted by atomic mass is 16.5. The summed E-state index contributed by atoms with van der Waals surface area (Å²) >= 11 is 0. The van der Waals surface area contributed by atoms with Crippen LogP contribution >= 0.6 is 0 Å². The van der Waals surface area contributed by atoms with Gasteiger partial charge in [0.2, 0.25) is 5.89 Å². The maximum Gasteiger partial charge on any atom is 0.251 e. The van der Waals surface area contributed by atoms with Crippen molar-refractivity contribution in [1.82, 2.24) is 20.4 Å². The first-order valence-electron chi connectivity index (χ1n) is 6.30. The number of nitrogens with one attached hydrogen (secondary N) is 1.